The molecule has 0 spiro atoms. The van der Waals surface area contributed by atoms with Gasteiger partial charge < -0.3 is 67.9 Å². The van der Waals surface area contributed by atoms with E-state index in [-0.39, 0.29) is 77.6 Å². The van der Waals surface area contributed by atoms with Gasteiger partial charge in [0.05, 0.1) is 151 Å². The molecule has 1 heterocycles. The van der Waals surface area contributed by atoms with Gasteiger partial charge in [-0.1, -0.05) is 19.1 Å². The molecule has 1 aliphatic heterocycles. The summed E-state index contributed by atoms with van der Waals surface area (Å²) in [5.41, 5.74) is 9.75. The molecular formula is C51H72F4N6O19S. The van der Waals surface area contributed by atoms with E-state index < -0.39 is 62.5 Å². The molecule has 454 valence electrons. The van der Waals surface area contributed by atoms with Crippen molar-refractivity contribution in [2.75, 3.05) is 158 Å². The summed E-state index contributed by atoms with van der Waals surface area (Å²) in [5.74, 6) is -12.8. The fourth-order valence-corrected chi connectivity index (χ4v) is 7.12. The molecule has 0 bridgehead atoms. The Morgan fingerprint density at radius 3 is 1.65 bits per heavy atom. The quantitative estimate of drug-likeness (QED) is 0.00952. The summed E-state index contributed by atoms with van der Waals surface area (Å²) in [6.45, 7) is 13.2. The predicted octanol–water partition coefficient (Wildman–Crippen LogP) is 4.41. The van der Waals surface area contributed by atoms with Gasteiger partial charge in [-0.15, -0.1) is 0 Å². The summed E-state index contributed by atoms with van der Waals surface area (Å²) >= 11 is 0. The maximum atomic E-state index is 14.0. The molecule has 0 saturated heterocycles. The molecule has 2 amide bonds. The second-order valence-electron chi connectivity index (χ2n) is 16.5. The lowest BCUT2D eigenvalue weighted by Gasteiger charge is -2.22. The second-order valence-corrected chi connectivity index (χ2v) is 17.9. The normalized spacial score (nSPS) is 12.7. The van der Waals surface area contributed by atoms with Crippen LogP contribution in [0.3, 0.4) is 0 Å². The van der Waals surface area contributed by atoms with Crippen LogP contribution in [0.5, 0.6) is 5.75 Å². The molecule has 81 heavy (non-hydrogen) atoms. The van der Waals surface area contributed by atoms with Crippen LogP contribution in [0, 0.1) is 23.3 Å². The molecule has 0 radical (unpaired) electrons. The number of aliphatic imine (C=N–C) groups is 3. The number of carbonyl (C=O) groups excluding carboxylic acids is 3. The van der Waals surface area contributed by atoms with Crippen molar-refractivity contribution in [2.45, 2.75) is 38.0 Å². The Morgan fingerprint density at radius 2 is 1.20 bits per heavy atom. The highest BCUT2D eigenvalue weighted by Gasteiger charge is 2.34. The maximum Gasteiger partial charge on any atom is 0.407 e. The molecule has 1 aliphatic rings. The Hall–Kier alpha value is -5.87. The van der Waals surface area contributed by atoms with Gasteiger partial charge >= 0.3 is 22.2 Å². The first-order valence-corrected chi connectivity index (χ1v) is 27.0. The maximum absolute atomic E-state index is 14.0. The van der Waals surface area contributed by atoms with Gasteiger partial charge in [0.25, 0.3) is 5.91 Å². The minimum Gasteiger partial charge on any atom is -0.447 e. The minimum atomic E-state index is -5.65. The highest BCUT2D eigenvalue weighted by Crippen LogP contribution is 2.33. The third kappa shape index (κ3) is 28.6. The smallest absolute Gasteiger partial charge is 0.407 e. The number of nitrogens with two attached hydrogens (primary N) is 1. The first kappa shape index (κ1) is 69.4. The molecule has 0 aliphatic carbocycles. The number of hydrogen-bond acceptors (Lipinski definition) is 21. The molecule has 3 rings (SSSR count). The molecule has 2 aromatic rings. The van der Waals surface area contributed by atoms with E-state index in [1.165, 1.54) is 11.4 Å². The Kier molecular flexibility index (Phi) is 35.3. The number of benzene rings is 2. The Labute approximate surface area is 467 Å². The van der Waals surface area contributed by atoms with Gasteiger partial charge in [0.1, 0.15) is 18.8 Å². The fraction of sp³-hybridized carbons (Fsp3) is 0.569. The third-order valence-corrected chi connectivity index (χ3v) is 11.2. The Morgan fingerprint density at radius 1 is 0.728 bits per heavy atom. The van der Waals surface area contributed by atoms with Crippen LogP contribution < -0.4 is 15.8 Å². The number of carbonyl (C=O) groups is 3. The zero-order chi connectivity index (χ0) is 59.1. The summed E-state index contributed by atoms with van der Waals surface area (Å²) in [4.78, 5) is 53.2. The number of halogens is 4. The molecule has 0 unspecified atom stereocenters. The first-order chi connectivity index (χ1) is 39.1. The van der Waals surface area contributed by atoms with Crippen LogP contribution in [0.1, 0.15) is 44.2 Å². The number of fused-ring (bicyclic) bond motifs is 1. The van der Waals surface area contributed by atoms with Crippen LogP contribution in [0.25, 0.3) is 11.6 Å². The fourth-order valence-electron chi connectivity index (χ4n) is 6.49. The van der Waals surface area contributed by atoms with E-state index >= 15 is 0 Å². The zero-order valence-electron chi connectivity index (χ0n) is 45.3. The SMILES string of the molecule is C=NC=N/C=C(\C)c1ccc2c(c1)N=C(N)CC(C(=O)N(CCC)OCCNC(=O)OCCOCCOCCOCCOCCOCCOCCOCCOCCOCCOCCC(=O)Oc1c(F)c(F)c(S(=O)(=O)O)c(F)c1F)=C2. The van der Waals surface area contributed by atoms with Crippen molar-refractivity contribution in [3.63, 3.8) is 0 Å². The van der Waals surface area contributed by atoms with Crippen LogP contribution in [-0.4, -0.2) is 213 Å². The number of ether oxygens (including phenoxy) is 12. The molecule has 30 heteroatoms. The van der Waals surface area contributed by atoms with Gasteiger partial charge in [-0.3, -0.25) is 24.0 Å². The molecule has 25 nitrogen and oxygen atoms in total. The molecule has 0 atom stereocenters. The predicted molar refractivity (Wildman–Crippen MR) is 284 cm³/mol. The van der Waals surface area contributed by atoms with Gasteiger partial charge in [0, 0.05) is 36.8 Å². The lowest BCUT2D eigenvalue weighted by molar-refractivity contribution is -0.181. The van der Waals surface area contributed by atoms with Crippen molar-refractivity contribution in [2.24, 2.45) is 20.7 Å². The molecule has 4 N–H and O–H groups in total. The van der Waals surface area contributed by atoms with Gasteiger partial charge in [0.2, 0.25) is 17.4 Å². The van der Waals surface area contributed by atoms with Crippen LogP contribution >= 0.6 is 0 Å². The van der Waals surface area contributed by atoms with Gasteiger partial charge in [-0.05, 0) is 43.3 Å². The van der Waals surface area contributed by atoms with Crippen LogP contribution in [-0.2, 0) is 76.7 Å². The van der Waals surface area contributed by atoms with E-state index in [9.17, 15) is 40.4 Å². The van der Waals surface area contributed by atoms with Gasteiger partial charge in [0.15, 0.2) is 16.5 Å². The number of rotatable bonds is 45. The van der Waals surface area contributed by atoms with Crippen molar-refractivity contribution < 1.29 is 107 Å². The first-order valence-electron chi connectivity index (χ1n) is 25.6. The molecule has 0 aromatic heterocycles. The number of alkyl carbamates (subject to hydrolysis) is 1. The van der Waals surface area contributed by atoms with Crippen LogP contribution in [0.4, 0.5) is 28.0 Å². The standard InChI is InChI=1S/C51H72F4N6O19S/c1-4-9-61(50(63)40-32-39-6-5-38(37(2)35-58-36-57-3)33-41(39)60-42(56)34-40)79-11-8-59-51(64)78-31-30-77-29-28-76-27-26-75-25-24-74-23-22-73-21-20-72-19-18-71-17-16-70-15-14-69-13-12-68-10-7-43(62)80-48-44(52)46(54)49(81(65,66)67)47(55)45(48)53/h5-6,32-33,35-36H,3-4,7-31,34H2,1-2H3,(H2,56,60)(H,59,64)(H,65,66,67)/b37-35+,58-36?. The highest BCUT2D eigenvalue weighted by molar-refractivity contribution is 7.85. The highest BCUT2D eigenvalue weighted by atomic mass is 32.2. The minimum absolute atomic E-state index is 0.0132. The van der Waals surface area contributed by atoms with Gasteiger partial charge in [-0.25, -0.2) is 28.6 Å². The van der Waals surface area contributed by atoms with Crippen molar-refractivity contribution >= 4 is 64.3 Å². The summed E-state index contributed by atoms with van der Waals surface area (Å²) in [7, 11) is -5.65. The van der Waals surface area contributed by atoms with Crippen LogP contribution in [0.2, 0.25) is 0 Å². The van der Waals surface area contributed by atoms with Crippen molar-refractivity contribution in [1.82, 2.24) is 10.4 Å². The molecule has 0 fully saturated rings. The number of hydroxylamine groups is 2. The van der Waals surface area contributed by atoms with E-state index in [1.807, 2.05) is 32.0 Å². The number of amides is 2. The lowest BCUT2D eigenvalue weighted by Crippen LogP contribution is -2.37. The number of amidine groups is 1. The average molecular weight is 1180 g/mol. The van der Waals surface area contributed by atoms with Gasteiger partial charge in [-0.2, -0.15) is 17.2 Å². The van der Waals surface area contributed by atoms with E-state index in [0.29, 0.717) is 117 Å². The number of hydrogen-bond donors (Lipinski definition) is 3. The second kappa shape index (κ2) is 41.2. The average Bonchev–Trinajstić information content (AvgIpc) is 3.64. The zero-order valence-corrected chi connectivity index (χ0v) is 46.2. The summed E-state index contributed by atoms with van der Waals surface area (Å²) < 4.78 is 150. The molecule has 0 saturated carbocycles. The number of esters is 1. The Balaban J connectivity index is 1.03. The summed E-state index contributed by atoms with van der Waals surface area (Å²) in [6.07, 6.45) is 4.29. The van der Waals surface area contributed by atoms with Crippen molar-refractivity contribution in [1.29, 1.82) is 0 Å². The summed E-state index contributed by atoms with van der Waals surface area (Å²) in [5, 5.41) is 3.85. The van der Waals surface area contributed by atoms with E-state index in [1.54, 1.807) is 12.3 Å². The Bertz CT molecular complexity index is 2460. The summed E-state index contributed by atoms with van der Waals surface area (Å²) in [6, 6.07) is 5.65. The van der Waals surface area contributed by atoms with E-state index in [0.717, 1.165) is 16.7 Å². The number of nitrogens with zero attached hydrogens (tertiary/aromatic N) is 4. The number of allylic oxidation sites excluding steroid dienone is 1. The third-order valence-electron chi connectivity index (χ3n) is 10.3. The van der Waals surface area contributed by atoms with Crippen molar-refractivity contribution in [3.05, 3.63) is 64.4 Å². The molecule has 2 aromatic carbocycles. The van der Waals surface area contributed by atoms with Crippen molar-refractivity contribution in [3.8, 4) is 5.75 Å². The monoisotopic (exact) mass is 1180 g/mol. The number of nitrogens with one attached hydrogen (secondary N) is 1. The van der Waals surface area contributed by atoms with E-state index in [2.05, 4.69) is 31.7 Å². The lowest BCUT2D eigenvalue weighted by atomic mass is 10.0. The molecular weight excluding hydrogens is 1110 g/mol. The van der Waals surface area contributed by atoms with E-state index in [4.69, 9.17) is 67.2 Å². The van der Waals surface area contributed by atoms with Crippen LogP contribution in [0.15, 0.2) is 49.8 Å². The largest absolute Gasteiger partial charge is 0.447 e. The topological polar surface area (TPSA) is 304 Å².